The first kappa shape index (κ1) is 15.2. The molecular weight excluding hydrogens is 248 g/mol. The zero-order valence-electron chi connectivity index (χ0n) is 13.7. The van der Waals surface area contributed by atoms with Crippen molar-refractivity contribution in [3.8, 4) is 5.75 Å². The first-order valence-corrected chi connectivity index (χ1v) is 7.52. The van der Waals surface area contributed by atoms with Crippen LogP contribution < -0.4 is 15.4 Å². The Bertz CT molecular complexity index is 494. The second-order valence-electron chi connectivity index (χ2n) is 6.81. The number of rotatable bonds is 3. The largest absolute Gasteiger partial charge is 0.496 e. The van der Waals surface area contributed by atoms with E-state index in [4.69, 9.17) is 10.5 Å². The highest BCUT2D eigenvalue weighted by atomic mass is 16.5. The summed E-state index contributed by atoms with van der Waals surface area (Å²) in [5.74, 6) is 1.45. The molecule has 2 rings (SSSR count). The number of benzene rings is 1. The average Bonchev–Trinajstić information content (AvgIpc) is 2.35. The number of nitrogens with zero attached hydrogens (tertiary/aromatic N) is 1. The summed E-state index contributed by atoms with van der Waals surface area (Å²) in [6.45, 7) is 12.0. The molecule has 0 spiro atoms. The molecule has 0 amide bonds. The van der Waals surface area contributed by atoms with E-state index in [1.54, 1.807) is 7.11 Å². The third-order valence-electron chi connectivity index (χ3n) is 4.41. The lowest BCUT2D eigenvalue weighted by Gasteiger charge is -2.50. The summed E-state index contributed by atoms with van der Waals surface area (Å²) in [6.07, 6.45) is 1.16. The third kappa shape index (κ3) is 2.39. The Morgan fingerprint density at radius 2 is 2.05 bits per heavy atom. The van der Waals surface area contributed by atoms with Gasteiger partial charge in [-0.1, -0.05) is 6.92 Å². The van der Waals surface area contributed by atoms with E-state index in [9.17, 15) is 0 Å². The Morgan fingerprint density at radius 3 is 2.55 bits per heavy atom. The van der Waals surface area contributed by atoms with Crippen LogP contribution in [0.25, 0.3) is 0 Å². The van der Waals surface area contributed by atoms with Gasteiger partial charge >= 0.3 is 0 Å². The Kier molecular flexibility index (Phi) is 4.01. The first-order valence-electron chi connectivity index (χ1n) is 7.52. The Hall–Kier alpha value is -1.22. The monoisotopic (exact) mass is 276 g/mol. The van der Waals surface area contributed by atoms with Crippen LogP contribution in [0.2, 0.25) is 0 Å². The van der Waals surface area contributed by atoms with E-state index in [1.165, 1.54) is 11.3 Å². The zero-order valence-corrected chi connectivity index (χ0v) is 13.7. The van der Waals surface area contributed by atoms with E-state index >= 15 is 0 Å². The van der Waals surface area contributed by atoms with Crippen LogP contribution in [0.3, 0.4) is 0 Å². The molecule has 0 aromatic heterocycles. The molecule has 3 nitrogen and oxygen atoms in total. The molecule has 0 aliphatic carbocycles. The quantitative estimate of drug-likeness (QED) is 0.915. The van der Waals surface area contributed by atoms with Gasteiger partial charge in [0.2, 0.25) is 0 Å². The molecule has 0 saturated carbocycles. The summed E-state index contributed by atoms with van der Waals surface area (Å²) in [6, 6.07) is 4.88. The van der Waals surface area contributed by atoms with Gasteiger partial charge in [-0.25, -0.2) is 0 Å². The highest BCUT2D eigenvalue weighted by molar-refractivity contribution is 5.64. The molecule has 3 heteroatoms. The Morgan fingerprint density at radius 1 is 1.40 bits per heavy atom. The SMILES string of the molecule is COc1cc2c(cc1CN)C(C)CC(C)(C)N2C(C)C. The normalized spacial score (nSPS) is 21.0. The molecule has 0 fully saturated rings. The minimum atomic E-state index is 0.163. The van der Waals surface area contributed by atoms with Gasteiger partial charge in [-0.05, 0) is 51.7 Å². The smallest absolute Gasteiger partial charge is 0.125 e. The van der Waals surface area contributed by atoms with Crippen LogP contribution in [0.4, 0.5) is 5.69 Å². The van der Waals surface area contributed by atoms with E-state index in [1.807, 2.05) is 0 Å². The molecule has 1 aromatic carbocycles. The van der Waals surface area contributed by atoms with Crippen molar-refractivity contribution in [3.05, 3.63) is 23.3 Å². The fourth-order valence-corrected chi connectivity index (χ4v) is 3.85. The van der Waals surface area contributed by atoms with Gasteiger partial charge in [0.15, 0.2) is 0 Å². The lowest BCUT2D eigenvalue weighted by atomic mass is 9.78. The number of anilines is 1. The molecule has 112 valence electrons. The molecule has 1 unspecified atom stereocenters. The van der Waals surface area contributed by atoms with Crippen LogP contribution >= 0.6 is 0 Å². The van der Waals surface area contributed by atoms with Crippen molar-refractivity contribution in [2.24, 2.45) is 5.73 Å². The van der Waals surface area contributed by atoms with Crippen LogP contribution in [0, 0.1) is 0 Å². The minimum Gasteiger partial charge on any atom is -0.496 e. The zero-order chi connectivity index (χ0) is 15.1. The van der Waals surface area contributed by atoms with E-state index in [2.05, 4.69) is 51.7 Å². The van der Waals surface area contributed by atoms with Gasteiger partial charge in [-0.3, -0.25) is 0 Å². The molecule has 1 atom stereocenters. The average molecular weight is 276 g/mol. The van der Waals surface area contributed by atoms with Crippen molar-refractivity contribution < 1.29 is 4.74 Å². The van der Waals surface area contributed by atoms with E-state index in [0.717, 1.165) is 17.7 Å². The van der Waals surface area contributed by atoms with Crippen LogP contribution in [0.5, 0.6) is 5.75 Å². The fourth-order valence-electron chi connectivity index (χ4n) is 3.85. The standard InChI is InChI=1S/C17H28N2O/c1-11(2)19-15-8-16(20-6)13(10-18)7-14(15)12(3)9-17(19,4)5/h7-8,11-12H,9-10,18H2,1-6H3. The van der Waals surface area contributed by atoms with E-state index in [-0.39, 0.29) is 5.54 Å². The minimum absolute atomic E-state index is 0.163. The van der Waals surface area contributed by atoms with Gasteiger partial charge in [-0.2, -0.15) is 0 Å². The van der Waals surface area contributed by atoms with Crippen LogP contribution in [-0.4, -0.2) is 18.7 Å². The van der Waals surface area contributed by atoms with Crippen LogP contribution in [-0.2, 0) is 6.54 Å². The molecule has 20 heavy (non-hydrogen) atoms. The molecule has 0 saturated heterocycles. The van der Waals surface area contributed by atoms with Gasteiger partial charge in [0, 0.05) is 35.4 Å². The van der Waals surface area contributed by atoms with Gasteiger partial charge in [0.05, 0.1) is 7.11 Å². The molecule has 0 bridgehead atoms. The summed E-state index contributed by atoms with van der Waals surface area (Å²) in [5, 5.41) is 0. The van der Waals surface area contributed by atoms with Gasteiger partial charge in [0.1, 0.15) is 5.75 Å². The lowest BCUT2D eigenvalue weighted by Crippen LogP contribution is -2.51. The van der Waals surface area contributed by atoms with Gasteiger partial charge in [0.25, 0.3) is 0 Å². The number of methoxy groups -OCH3 is 1. The number of fused-ring (bicyclic) bond motifs is 1. The van der Waals surface area contributed by atoms with E-state index < -0.39 is 0 Å². The van der Waals surface area contributed by atoms with Crippen molar-refractivity contribution in [2.45, 2.75) is 65.1 Å². The summed E-state index contributed by atoms with van der Waals surface area (Å²) in [5.41, 5.74) is 9.83. The van der Waals surface area contributed by atoms with Gasteiger partial charge < -0.3 is 15.4 Å². The summed E-state index contributed by atoms with van der Waals surface area (Å²) in [7, 11) is 1.72. The summed E-state index contributed by atoms with van der Waals surface area (Å²) >= 11 is 0. The van der Waals surface area contributed by atoms with Crippen LogP contribution in [0.1, 0.15) is 58.1 Å². The van der Waals surface area contributed by atoms with Gasteiger partial charge in [-0.15, -0.1) is 0 Å². The highest BCUT2D eigenvalue weighted by Gasteiger charge is 2.38. The molecule has 1 heterocycles. The first-order chi connectivity index (χ1) is 9.31. The maximum Gasteiger partial charge on any atom is 0.125 e. The molecule has 1 aliphatic rings. The molecule has 2 N–H and O–H groups in total. The predicted molar refractivity (Wildman–Crippen MR) is 85.6 cm³/mol. The van der Waals surface area contributed by atoms with Crippen molar-refractivity contribution in [1.82, 2.24) is 0 Å². The highest BCUT2D eigenvalue weighted by Crippen LogP contribution is 2.46. The number of nitrogens with two attached hydrogens (primary N) is 1. The second kappa shape index (κ2) is 5.28. The molecule has 1 aliphatic heterocycles. The summed E-state index contributed by atoms with van der Waals surface area (Å²) in [4.78, 5) is 2.52. The Labute approximate surface area is 123 Å². The maximum atomic E-state index is 5.86. The molecule has 1 aromatic rings. The third-order valence-corrected chi connectivity index (χ3v) is 4.41. The van der Waals surface area contributed by atoms with Crippen LogP contribution in [0.15, 0.2) is 12.1 Å². The van der Waals surface area contributed by atoms with Crippen molar-refractivity contribution in [3.63, 3.8) is 0 Å². The van der Waals surface area contributed by atoms with Crippen molar-refractivity contribution in [1.29, 1.82) is 0 Å². The Balaban J connectivity index is 2.64. The number of hydrogen-bond acceptors (Lipinski definition) is 3. The number of hydrogen-bond donors (Lipinski definition) is 1. The predicted octanol–water partition coefficient (Wildman–Crippen LogP) is 3.65. The van der Waals surface area contributed by atoms with Crippen molar-refractivity contribution >= 4 is 5.69 Å². The second-order valence-corrected chi connectivity index (χ2v) is 6.81. The summed E-state index contributed by atoms with van der Waals surface area (Å²) < 4.78 is 5.53. The lowest BCUT2D eigenvalue weighted by molar-refractivity contribution is 0.353. The van der Waals surface area contributed by atoms with E-state index in [0.29, 0.717) is 18.5 Å². The number of ether oxygens (including phenoxy) is 1. The topological polar surface area (TPSA) is 38.5 Å². The molecule has 0 radical (unpaired) electrons. The fraction of sp³-hybridized carbons (Fsp3) is 0.647. The maximum absolute atomic E-state index is 5.86. The van der Waals surface area contributed by atoms with Crippen molar-refractivity contribution in [2.75, 3.05) is 12.0 Å². The molecular formula is C17H28N2O.